The summed E-state index contributed by atoms with van der Waals surface area (Å²) >= 11 is 0. The van der Waals surface area contributed by atoms with Crippen LogP contribution >= 0.6 is 0 Å². The molecule has 2 rings (SSSR count). The topological polar surface area (TPSA) is 54.1 Å². The molecule has 1 aliphatic heterocycles. The Labute approximate surface area is 119 Å². The van der Waals surface area contributed by atoms with E-state index in [9.17, 15) is 0 Å². The molecular weight excluding hydrogens is 248 g/mol. The maximum atomic E-state index is 9.11. The molecule has 0 saturated carbocycles. The normalized spacial score (nSPS) is 15.9. The van der Waals surface area contributed by atoms with Crippen LogP contribution in [0.5, 0.6) is 0 Å². The lowest BCUT2D eigenvalue weighted by Gasteiger charge is -2.16. The van der Waals surface area contributed by atoms with E-state index in [1.807, 2.05) is 67.7 Å². The predicted molar refractivity (Wildman–Crippen MR) is 78.7 cm³/mol. The van der Waals surface area contributed by atoms with E-state index in [2.05, 4.69) is 4.90 Å². The number of allylic oxidation sites excluding steroid dienone is 1. The highest BCUT2D eigenvalue weighted by Crippen LogP contribution is 2.29. The summed E-state index contributed by atoms with van der Waals surface area (Å²) in [4.78, 5) is 4.11. The van der Waals surface area contributed by atoms with Gasteiger partial charge in [-0.05, 0) is 17.7 Å². The summed E-state index contributed by atoms with van der Waals surface area (Å²) in [6.45, 7) is 1.31. The van der Waals surface area contributed by atoms with Crippen molar-refractivity contribution >= 4 is 5.69 Å². The van der Waals surface area contributed by atoms with E-state index in [-0.39, 0.29) is 5.57 Å². The standard InChI is InChI=1S/C16H16N4/c1-19(2)10-14-11-20(15-6-4-3-5-7-15)12-16(14)13(8-17)9-18/h3-7,10H,11-12H2,1-2H3/b14-10-. The van der Waals surface area contributed by atoms with E-state index in [0.717, 1.165) is 16.8 Å². The molecule has 0 atom stereocenters. The van der Waals surface area contributed by atoms with Crippen molar-refractivity contribution in [1.29, 1.82) is 10.5 Å². The number of para-hydroxylation sites is 1. The Bertz CT molecular complexity index is 611. The molecule has 1 fully saturated rings. The zero-order valence-corrected chi connectivity index (χ0v) is 11.7. The largest absolute Gasteiger partial charge is 0.383 e. The molecule has 0 amide bonds. The summed E-state index contributed by atoms with van der Waals surface area (Å²) in [7, 11) is 3.88. The lowest BCUT2D eigenvalue weighted by Crippen LogP contribution is -2.18. The molecule has 1 aliphatic rings. The molecule has 0 spiro atoms. The van der Waals surface area contributed by atoms with Gasteiger partial charge in [-0.3, -0.25) is 0 Å². The van der Waals surface area contributed by atoms with Gasteiger partial charge in [-0.15, -0.1) is 0 Å². The third-order valence-corrected chi connectivity index (χ3v) is 3.16. The number of hydrogen-bond acceptors (Lipinski definition) is 4. The first-order valence-corrected chi connectivity index (χ1v) is 6.36. The van der Waals surface area contributed by atoms with E-state index in [0.29, 0.717) is 13.1 Å². The fourth-order valence-corrected chi connectivity index (χ4v) is 2.30. The summed E-state index contributed by atoms with van der Waals surface area (Å²) in [5, 5.41) is 18.2. The summed E-state index contributed by atoms with van der Waals surface area (Å²) in [6.07, 6.45) is 1.98. The molecule has 0 aliphatic carbocycles. The Morgan fingerprint density at radius 2 is 1.80 bits per heavy atom. The van der Waals surface area contributed by atoms with Crippen molar-refractivity contribution in [1.82, 2.24) is 4.90 Å². The van der Waals surface area contributed by atoms with E-state index in [4.69, 9.17) is 10.5 Å². The first-order valence-electron chi connectivity index (χ1n) is 6.36. The summed E-state index contributed by atoms with van der Waals surface area (Å²) in [5.74, 6) is 0. The molecule has 4 nitrogen and oxygen atoms in total. The quantitative estimate of drug-likeness (QED) is 0.769. The van der Waals surface area contributed by atoms with Gasteiger partial charge >= 0.3 is 0 Å². The van der Waals surface area contributed by atoms with Crippen molar-refractivity contribution in [2.45, 2.75) is 0 Å². The highest BCUT2D eigenvalue weighted by atomic mass is 15.2. The molecule has 0 aromatic heterocycles. The second-order valence-electron chi connectivity index (χ2n) is 4.89. The molecule has 0 N–H and O–H groups in total. The minimum absolute atomic E-state index is 0.205. The van der Waals surface area contributed by atoms with Gasteiger partial charge in [0.25, 0.3) is 0 Å². The van der Waals surface area contributed by atoms with Crippen molar-refractivity contribution < 1.29 is 0 Å². The van der Waals surface area contributed by atoms with Crippen molar-refractivity contribution in [3.8, 4) is 12.1 Å². The Balaban J connectivity index is 2.41. The average molecular weight is 264 g/mol. The minimum atomic E-state index is 0.205. The number of nitriles is 2. The van der Waals surface area contributed by atoms with Gasteiger partial charge in [0.15, 0.2) is 0 Å². The van der Waals surface area contributed by atoms with Crippen LogP contribution in [0.1, 0.15) is 0 Å². The molecule has 4 heteroatoms. The third kappa shape index (κ3) is 2.81. The molecule has 100 valence electrons. The molecule has 0 radical (unpaired) electrons. The van der Waals surface area contributed by atoms with Crippen LogP contribution in [0.15, 0.2) is 53.3 Å². The second kappa shape index (κ2) is 5.95. The number of hydrogen-bond donors (Lipinski definition) is 0. The first-order chi connectivity index (χ1) is 9.65. The van der Waals surface area contributed by atoms with Crippen LogP contribution in [0.25, 0.3) is 0 Å². The van der Waals surface area contributed by atoms with Crippen molar-refractivity contribution in [2.75, 3.05) is 32.1 Å². The van der Waals surface area contributed by atoms with Crippen LogP contribution in [0.4, 0.5) is 5.69 Å². The molecule has 0 bridgehead atoms. The van der Waals surface area contributed by atoms with Crippen LogP contribution in [0, 0.1) is 22.7 Å². The number of benzene rings is 1. The molecule has 1 aromatic rings. The molecule has 0 unspecified atom stereocenters. The maximum Gasteiger partial charge on any atom is 0.135 e. The van der Waals surface area contributed by atoms with Gasteiger partial charge in [0, 0.05) is 44.6 Å². The Morgan fingerprint density at radius 1 is 1.15 bits per heavy atom. The predicted octanol–water partition coefficient (Wildman–Crippen LogP) is 2.30. The molecule has 1 heterocycles. The van der Waals surface area contributed by atoms with Gasteiger partial charge in [0.2, 0.25) is 0 Å². The van der Waals surface area contributed by atoms with Gasteiger partial charge in [0.1, 0.15) is 17.7 Å². The lowest BCUT2D eigenvalue weighted by atomic mass is 10.1. The van der Waals surface area contributed by atoms with Gasteiger partial charge in [0.05, 0.1) is 0 Å². The Hall–Kier alpha value is -2.72. The summed E-state index contributed by atoms with van der Waals surface area (Å²) < 4.78 is 0. The highest BCUT2D eigenvalue weighted by Gasteiger charge is 2.25. The SMILES string of the molecule is CN(C)/C=C1/CN(c2ccccc2)CC1=C(C#N)C#N. The summed E-state index contributed by atoms with van der Waals surface area (Å²) in [6, 6.07) is 14.0. The van der Waals surface area contributed by atoms with Crippen LogP contribution in [0.2, 0.25) is 0 Å². The zero-order valence-electron chi connectivity index (χ0n) is 11.7. The first kappa shape index (κ1) is 13.7. The molecule has 20 heavy (non-hydrogen) atoms. The van der Waals surface area contributed by atoms with E-state index in [1.165, 1.54) is 0 Å². The van der Waals surface area contributed by atoms with Crippen molar-refractivity contribution in [3.05, 3.63) is 53.3 Å². The lowest BCUT2D eigenvalue weighted by molar-refractivity contribution is 0.559. The number of rotatable bonds is 2. The Kier molecular flexibility index (Phi) is 4.08. The maximum absolute atomic E-state index is 9.11. The van der Waals surface area contributed by atoms with Crippen LogP contribution in [-0.2, 0) is 0 Å². The number of anilines is 1. The van der Waals surface area contributed by atoms with Crippen molar-refractivity contribution in [3.63, 3.8) is 0 Å². The zero-order chi connectivity index (χ0) is 14.5. The molecular formula is C16H16N4. The van der Waals surface area contributed by atoms with E-state index >= 15 is 0 Å². The van der Waals surface area contributed by atoms with E-state index < -0.39 is 0 Å². The Morgan fingerprint density at radius 3 is 2.35 bits per heavy atom. The number of nitrogens with zero attached hydrogens (tertiary/aromatic N) is 4. The summed E-state index contributed by atoms with van der Waals surface area (Å²) in [5.41, 5.74) is 3.16. The molecule has 1 aromatic carbocycles. The molecule has 1 saturated heterocycles. The van der Waals surface area contributed by atoms with Crippen LogP contribution in [-0.4, -0.2) is 32.1 Å². The van der Waals surface area contributed by atoms with Crippen LogP contribution < -0.4 is 4.90 Å². The van der Waals surface area contributed by atoms with E-state index in [1.54, 1.807) is 0 Å². The minimum Gasteiger partial charge on any atom is -0.383 e. The van der Waals surface area contributed by atoms with Gasteiger partial charge < -0.3 is 9.80 Å². The third-order valence-electron chi connectivity index (χ3n) is 3.16. The monoisotopic (exact) mass is 264 g/mol. The van der Waals surface area contributed by atoms with Gasteiger partial charge in [-0.25, -0.2) is 0 Å². The average Bonchev–Trinajstić information content (AvgIpc) is 2.84. The van der Waals surface area contributed by atoms with Gasteiger partial charge in [-0.2, -0.15) is 10.5 Å². The fraction of sp³-hybridized carbons (Fsp3) is 0.250. The highest BCUT2D eigenvalue weighted by molar-refractivity contribution is 5.61. The second-order valence-corrected chi connectivity index (χ2v) is 4.89. The van der Waals surface area contributed by atoms with Gasteiger partial charge in [-0.1, -0.05) is 18.2 Å². The van der Waals surface area contributed by atoms with Crippen molar-refractivity contribution in [2.24, 2.45) is 0 Å². The smallest absolute Gasteiger partial charge is 0.135 e. The fourth-order valence-electron chi connectivity index (χ4n) is 2.30. The van der Waals surface area contributed by atoms with Crippen LogP contribution in [0.3, 0.4) is 0 Å².